The van der Waals surface area contributed by atoms with E-state index in [4.69, 9.17) is 11.5 Å². The first-order valence-corrected chi connectivity index (χ1v) is 10.2. The Morgan fingerprint density at radius 3 is 1.95 bits per heavy atom. The minimum Gasteiger partial charge on any atom is -0.330 e. The Morgan fingerprint density at radius 2 is 1.36 bits per heavy atom. The van der Waals surface area contributed by atoms with Crippen molar-refractivity contribution in [3.63, 3.8) is 0 Å². The zero-order valence-electron chi connectivity index (χ0n) is 15.2. The van der Waals surface area contributed by atoms with E-state index in [0.29, 0.717) is 6.04 Å². The van der Waals surface area contributed by atoms with E-state index in [-0.39, 0.29) is 0 Å². The first-order valence-electron chi connectivity index (χ1n) is 10.2. The van der Waals surface area contributed by atoms with E-state index in [0.717, 1.165) is 18.4 Å². The zero-order chi connectivity index (χ0) is 16.0. The molecule has 1 aliphatic rings. The molecule has 0 aromatic carbocycles. The van der Waals surface area contributed by atoms with Gasteiger partial charge in [-0.2, -0.15) is 0 Å². The molecule has 0 spiro atoms. The van der Waals surface area contributed by atoms with Gasteiger partial charge in [-0.15, -0.1) is 0 Å². The van der Waals surface area contributed by atoms with Crippen LogP contribution in [0.25, 0.3) is 0 Å². The van der Waals surface area contributed by atoms with Gasteiger partial charge in [-0.3, -0.25) is 0 Å². The first-order chi connectivity index (χ1) is 10.8. The number of rotatable bonds is 14. The molecule has 0 aromatic heterocycles. The van der Waals surface area contributed by atoms with E-state index in [1.165, 1.54) is 96.3 Å². The van der Waals surface area contributed by atoms with Crippen LogP contribution < -0.4 is 11.5 Å². The monoisotopic (exact) mass is 310 g/mol. The van der Waals surface area contributed by atoms with Gasteiger partial charge in [-0.1, -0.05) is 71.1 Å². The van der Waals surface area contributed by atoms with Gasteiger partial charge in [-0.25, -0.2) is 0 Å². The largest absolute Gasteiger partial charge is 0.330 e. The summed E-state index contributed by atoms with van der Waals surface area (Å²) >= 11 is 0. The maximum Gasteiger partial charge on any atom is 0.00671 e. The molecule has 1 saturated carbocycles. The van der Waals surface area contributed by atoms with Gasteiger partial charge in [0, 0.05) is 6.04 Å². The molecule has 2 heteroatoms. The molecular weight excluding hydrogens is 268 g/mol. The molecular formula is C20H42N2. The third kappa shape index (κ3) is 9.15. The van der Waals surface area contributed by atoms with E-state index in [2.05, 4.69) is 6.92 Å². The lowest BCUT2D eigenvalue weighted by Gasteiger charge is -2.18. The molecule has 2 atom stereocenters. The average molecular weight is 311 g/mol. The molecule has 2 nitrogen and oxygen atoms in total. The number of hydrogen-bond donors (Lipinski definition) is 2. The first kappa shape index (κ1) is 20.0. The number of nitrogens with two attached hydrogens (primary N) is 2. The molecule has 0 saturated heterocycles. The Hall–Kier alpha value is -0.0800. The molecule has 4 N–H and O–H groups in total. The highest BCUT2D eigenvalue weighted by Crippen LogP contribution is 2.28. The fourth-order valence-electron chi connectivity index (χ4n) is 4.01. The number of unbranched alkanes of at least 4 members (excludes halogenated alkanes) is 6. The van der Waals surface area contributed by atoms with E-state index in [9.17, 15) is 0 Å². The predicted molar refractivity (Wildman–Crippen MR) is 98.9 cm³/mol. The minimum absolute atomic E-state index is 0.492. The molecule has 0 heterocycles. The summed E-state index contributed by atoms with van der Waals surface area (Å²) in [6, 6.07) is 0.492. The molecule has 0 amide bonds. The van der Waals surface area contributed by atoms with E-state index in [1.807, 2.05) is 0 Å². The predicted octanol–water partition coefficient (Wildman–Crippen LogP) is 5.39. The Kier molecular flexibility index (Phi) is 12.1. The molecule has 1 fully saturated rings. The van der Waals surface area contributed by atoms with Crippen LogP contribution in [-0.2, 0) is 0 Å². The summed E-state index contributed by atoms with van der Waals surface area (Å²) in [5, 5.41) is 0. The van der Waals surface area contributed by atoms with Crippen LogP contribution in [0.5, 0.6) is 0 Å². The van der Waals surface area contributed by atoms with Crippen molar-refractivity contribution < 1.29 is 0 Å². The molecule has 1 aliphatic carbocycles. The van der Waals surface area contributed by atoms with Crippen molar-refractivity contribution >= 4 is 0 Å². The van der Waals surface area contributed by atoms with Crippen LogP contribution in [0.3, 0.4) is 0 Å². The van der Waals surface area contributed by atoms with E-state index in [1.54, 1.807) is 0 Å². The summed E-state index contributed by atoms with van der Waals surface area (Å²) in [5.41, 5.74) is 12.2. The van der Waals surface area contributed by atoms with Crippen molar-refractivity contribution in [3.8, 4) is 0 Å². The van der Waals surface area contributed by atoms with Gasteiger partial charge in [0.2, 0.25) is 0 Å². The highest BCUT2D eigenvalue weighted by molar-refractivity contribution is 4.77. The van der Waals surface area contributed by atoms with Crippen LogP contribution >= 0.6 is 0 Å². The minimum atomic E-state index is 0.492. The molecule has 1 rings (SSSR count). The summed E-state index contributed by atoms with van der Waals surface area (Å²) < 4.78 is 0. The van der Waals surface area contributed by atoms with E-state index < -0.39 is 0 Å². The summed E-state index contributed by atoms with van der Waals surface area (Å²) in [4.78, 5) is 0. The highest BCUT2D eigenvalue weighted by atomic mass is 14.6. The van der Waals surface area contributed by atoms with Crippen LogP contribution in [0.1, 0.15) is 103 Å². The third-order valence-electron chi connectivity index (χ3n) is 5.70. The summed E-state index contributed by atoms with van der Waals surface area (Å²) in [6.45, 7) is 3.16. The van der Waals surface area contributed by atoms with Gasteiger partial charge in [0.1, 0.15) is 0 Å². The molecule has 22 heavy (non-hydrogen) atoms. The van der Waals surface area contributed by atoms with Gasteiger partial charge in [-0.05, 0) is 50.5 Å². The van der Waals surface area contributed by atoms with Gasteiger partial charge in [0.25, 0.3) is 0 Å². The van der Waals surface area contributed by atoms with Crippen molar-refractivity contribution in [2.45, 2.75) is 109 Å². The quantitative estimate of drug-likeness (QED) is 0.423. The Bertz CT molecular complexity index is 236. The van der Waals surface area contributed by atoms with Crippen LogP contribution in [-0.4, -0.2) is 12.6 Å². The smallest absolute Gasteiger partial charge is 0.00671 e. The van der Waals surface area contributed by atoms with Crippen LogP contribution in [0, 0.1) is 11.8 Å². The van der Waals surface area contributed by atoms with Gasteiger partial charge < -0.3 is 11.5 Å². The Morgan fingerprint density at radius 1 is 0.818 bits per heavy atom. The lowest BCUT2D eigenvalue weighted by Crippen LogP contribution is -2.28. The van der Waals surface area contributed by atoms with Crippen LogP contribution in [0.15, 0.2) is 0 Å². The second kappa shape index (κ2) is 13.4. The lowest BCUT2D eigenvalue weighted by molar-refractivity contribution is 0.391. The highest BCUT2D eigenvalue weighted by Gasteiger charge is 2.21. The molecule has 0 bridgehead atoms. The second-order valence-electron chi connectivity index (χ2n) is 7.65. The zero-order valence-corrected chi connectivity index (χ0v) is 15.2. The van der Waals surface area contributed by atoms with Crippen molar-refractivity contribution in [1.29, 1.82) is 0 Å². The maximum absolute atomic E-state index is 6.32. The lowest BCUT2D eigenvalue weighted by atomic mass is 9.93. The van der Waals surface area contributed by atoms with Crippen molar-refractivity contribution in [1.82, 2.24) is 0 Å². The van der Waals surface area contributed by atoms with Gasteiger partial charge in [0.05, 0.1) is 0 Å². The van der Waals surface area contributed by atoms with Crippen molar-refractivity contribution in [3.05, 3.63) is 0 Å². The second-order valence-corrected chi connectivity index (χ2v) is 7.65. The van der Waals surface area contributed by atoms with Crippen LogP contribution in [0.4, 0.5) is 0 Å². The van der Waals surface area contributed by atoms with Crippen molar-refractivity contribution in [2.24, 2.45) is 23.3 Å². The fourth-order valence-corrected chi connectivity index (χ4v) is 4.01. The topological polar surface area (TPSA) is 52.0 Å². The standard InChI is InChI=1S/C20H42N2/c1-2-3-12-18(17-21)13-8-6-4-5-7-9-16-20(22)19-14-10-11-15-19/h18-20H,2-17,21-22H2,1H3. The Labute approximate surface area is 139 Å². The molecule has 0 aliphatic heterocycles. The molecule has 0 aromatic rings. The number of hydrogen-bond acceptors (Lipinski definition) is 2. The summed E-state index contributed by atoms with van der Waals surface area (Å²) in [7, 11) is 0. The molecule has 132 valence electrons. The average Bonchev–Trinajstić information content (AvgIpc) is 3.07. The van der Waals surface area contributed by atoms with Gasteiger partial charge >= 0.3 is 0 Å². The molecule has 0 radical (unpaired) electrons. The normalized spacial score (nSPS) is 18.7. The van der Waals surface area contributed by atoms with E-state index >= 15 is 0 Å². The van der Waals surface area contributed by atoms with Crippen molar-refractivity contribution in [2.75, 3.05) is 6.54 Å². The van der Waals surface area contributed by atoms with Crippen LogP contribution in [0.2, 0.25) is 0 Å². The summed E-state index contributed by atoms with van der Waals surface area (Å²) in [5.74, 6) is 1.63. The maximum atomic E-state index is 6.32. The molecule has 2 unspecified atom stereocenters. The van der Waals surface area contributed by atoms with Gasteiger partial charge in [0.15, 0.2) is 0 Å². The fraction of sp³-hybridized carbons (Fsp3) is 1.00. The summed E-state index contributed by atoms with van der Waals surface area (Å²) in [6.07, 6.45) is 20.5. The SMILES string of the molecule is CCCCC(CN)CCCCCCCCC(N)C1CCCC1. The Balaban J connectivity index is 1.86. The third-order valence-corrected chi connectivity index (χ3v) is 5.70.